The van der Waals surface area contributed by atoms with E-state index >= 15 is 0 Å². The van der Waals surface area contributed by atoms with Gasteiger partial charge >= 0.3 is 12.1 Å². The van der Waals surface area contributed by atoms with E-state index in [1.807, 2.05) is 0 Å². The predicted octanol–water partition coefficient (Wildman–Crippen LogP) is 6.27. The molecule has 3 amide bonds. The Morgan fingerprint density at radius 2 is 1.36 bits per heavy atom. The fourth-order valence-electron chi connectivity index (χ4n) is 4.73. The Hall–Kier alpha value is -4.03. The third kappa shape index (κ3) is 10.8. The first kappa shape index (κ1) is 37.4. The average molecular weight is 701 g/mol. The van der Waals surface area contributed by atoms with Crippen molar-refractivity contribution in [3.8, 4) is 0 Å². The normalized spacial score (nSPS) is 13.7. The number of Topliss-reactive ketones (excluding diaryl/α,β-unsaturated/α-hetero) is 1. The van der Waals surface area contributed by atoms with Gasteiger partial charge in [0, 0.05) is 18.8 Å². The molecule has 0 aliphatic carbocycles. The van der Waals surface area contributed by atoms with Crippen LogP contribution in [0.5, 0.6) is 0 Å². The Kier molecular flexibility index (Phi) is 12.9. The van der Waals surface area contributed by atoms with Gasteiger partial charge in [-0.25, -0.2) is 0 Å². The lowest BCUT2D eigenvalue weighted by Crippen LogP contribution is -2.59. The van der Waals surface area contributed by atoms with E-state index in [0.717, 1.165) is 10.9 Å². The zero-order valence-electron chi connectivity index (χ0n) is 25.2. The molecule has 14 heteroatoms. The molecule has 3 aromatic carbocycles. The van der Waals surface area contributed by atoms with Crippen molar-refractivity contribution in [3.05, 3.63) is 106 Å². The molecule has 0 fully saturated rings. The van der Waals surface area contributed by atoms with E-state index in [9.17, 15) is 41.1 Å². The quantitative estimate of drug-likeness (QED) is 0.136. The molecule has 0 aliphatic rings. The molecule has 0 spiro atoms. The van der Waals surface area contributed by atoms with Gasteiger partial charge in [-0.05, 0) is 34.7 Å². The summed E-state index contributed by atoms with van der Waals surface area (Å²) in [6.45, 7) is 0.531. The molecule has 7 nitrogen and oxygen atoms in total. The summed E-state index contributed by atoms with van der Waals surface area (Å²) in [6.07, 6.45) is -5.28. The predicted molar refractivity (Wildman–Crippen MR) is 167 cm³/mol. The van der Waals surface area contributed by atoms with E-state index in [2.05, 4.69) is 10.6 Å². The molecule has 3 atom stereocenters. The first-order chi connectivity index (χ1) is 22.0. The fourth-order valence-corrected chi connectivity index (χ4v) is 5.03. The second kappa shape index (κ2) is 16.2. The lowest BCUT2D eigenvalue weighted by Gasteiger charge is -2.28. The van der Waals surface area contributed by atoms with Gasteiger partial charge < -0.3 is 16.0 Å². The number of carbonyl (C=O) groups excluding carboxylic acids is 4. The van der Waals surface area contributed by atoms with Crippen molar-refractivity contribution >= 4 is 46.7 Å². The summed E-state index contributed by atoms with van der Waals surface area (Å²) >= 11 is 12.3. The van der Waals surface area contributed by atoms with Crippen molar-refractivity contribution in [1.29, 1.82) is 0 Å². The van der Waals surface area contributed by atoms with Crippen LogP contribution in [0.2, 0.25) is 10.0 Å². The highest BCUT2D eigenvalue weighted by atomic mass is 35.5. The summed E-state index contributed by atoms with van der Waals surface area (Å²) in [6, 6.07) is 18.9. The molecule has 47 heavy (non-hydrogen) atoms. The number of benzene rings is 3. The molecule has 0 heterocycles. The summed E-state index contributed by atoms with van der Waals surface area (Å²) in [5, 5.41) is 6.40. The summed E-state index contributed by atoms with van der Waals surface area (Å²) < 4.78 is 67.0. The molecule has 1 unspecified atom stereocenters. The number of halogens is 7. The Morgan fingerprint density at radius 1 is 0.766 bits per heavy atom. The maximum Gasteiger partial charge on any atom is 0.405 e. The SMILES string of the molecule is CC(C)[C@H](NC(=O)[C@H](Cc1ccccc1)NC(=O)CC(c1ccccc1)c1ccc(Cl)c(Cl)c1)C(=O)C(F)(F)C(=O)NCC(F)(F)F. The third-order valence-electron chi connectivity index (χ3n) is 7.16. The Labute approximate surface area is 278 Å². The van der Waals surface area contributed by atoms with Gasteiger partial charge in [-0.15, -0.1) is 0 Å². The Bertz CT molecular complexity index is 1560. The zero-order valence-corrected chi connectivity index (χ0v) is 26.7. The van der Waals surface area contributed by atoms with Crippen LogP contribution in [0.4, 0.5) is 22.0 Å². The number of rotatable bonds is 14. The van der Waals surface area contributed by atoms with Gasteiger partial charge in [0.1, 0.15) is 12.6 Å². The van der Waals surface area contributed by atoms with E-state index in [-0.39, 0.29) is 17.9 Å². The van der Waals surface area contributed by atoms with E-state index < -0.39 is 66.1 Å². The summed E-state index contributed by atoms with van der Waals surface area (Å²) in [4.78, 5) is 51.8. The lowest BCUT2D eigenvalue weighted by molar-refractivity contribution is -0.165. The fraction of sp³-hybridized carbons (Fsp3) is 0.333. The molecule has 3 N–H and O–H groups in total. The molecular formula is C33H32Cl2F5N3O4. The van der Waals surface area contributed by atoms with Crippen LogP contribution >= 0.6 is 23.2 Å². The minimum Gasteiger partial charge on any atom is -0.344 e. The minimum atomic E-state index is -5.00. The second-order valence-corrected chi connectivity index (χ2v) is 11.9. The van der Waals surface area contributed by atoms with Crippen molar-refractivity contribution in [3.63, 3.8) is 0 Å². The topological polar surface area (TPSA) is 104 Å². The van der Waals surface area contributed by atoms with Gasteiger partial charge in [0.25, 0.3) is 5.91 Å². The van der Waals surface area contributed by atoms with E-state index in [4.69, 9.17) is 23.2 Å². The molecule has 0 saturated carbocycles. The standard InChI is InChI=1S/C33H32Cl2F5N3O4/c1-19(2)28(29(45)33(39,40)31(47)41-18-32(36,37)38)43-30(46)26(15-20-9-5-3-6-10-20)42-27(44)17-23(21-11-7-4-8-12-21)22-13-14-24(34)25(35)16-22/h3-14,16,19,23,26,28H,15,17-18H2,1-2H3,(H,41,47)(H,42,44)(H,43,46)/t23?,26-,28-/m0/s1. The van der Waals surface area contributed by atoms with Crippen molar-refractivity contribution in [2.24, 2.45) is 5.92 Å². The maximum absolute atomic E-state index is 14.8. The minimum absolute atomic E-state index is 0.108. The number of nitrogens with one attached hydrogen (secondary N) is 3. The zero-order chi connectivity index (χ0) is 34.9. The Morgan fingerprint density at radius 3 is 1.91 bits per heavy atom. The van der Waals surface area contributed by atoms with Crippen LogP contribution in [0.3, 0.4) is 0 Å². The van der Waals surface area contributed by atoms with E-state index in [1.54, 1.807) is 78.9 Å². The number of carbonyl (C=O) groups is 4. The Balaban J connectivity index is 1.87. The van der Waals surface area contributed by atoms with Crippen LogP contribution in [0.25, 0.3) is 0 Å². The van der Waals surface area contributed by atoms with Gasteiger partial charge in [-0.2, -0.15) is 22.0 Å². The molecule has 0 saturated heterocycles. The van der Waals surface area contributed by atoms with Gasteiger partial charge in [-0.3, -0.25) is 19.2 Å². The van der Waals surface area contributed by atoms with Crippen molar-refractivity contribution in [2.45, 2.75) is 56.8 Å². The third-order valence-corrected chi connectivity index (χ3v) is 7.90. The lowest BCUT2D eigenvalue weighted by atomic mass is 9.88. The molecule has 0 aromatic heterocycles. The highest BCUT2D eigenvalue weighted by Crippen LogP contribution is 2.32. The van der Waals surface area contributed by atoms with Crippen LogP contribution in [0.1, 0.15) is 42.9 Å². The maximum atomic E-state index is 14.8. The van der Waals surface area contributed by atoms with E-state index in [0.29, 0.717) is 16.1 Å². The molecule has 3 aromatic rings. The first-order valence-electron chi connectivity index (χ1n) is 14.4. The number of hydrogen-bond acceptors (Lipinski definition) is 4. The highest BCUT2D eigenvalue weighted by molar-refractivity contribution is 6.42. The summed E-state index contributed by atoms with van der Waals surface area (Å²) in [5.41, 5.74) is 1.99. The molecule has 252 valence electrons. The summed E-state index contributed by atoms with van der Waals surface area (Å²) in [7, 11) is 0. The second-order valence-electron chi connectivity index (χ2n) is 11.1. The monoisotopic (exact) mass is 699 g/mol. The number of ketones is 1. The van der Waals surface area contributed by atoms with Crippen LogP contribution in [0.15, 0.2) is 78.9 Å². The van der Waals surface area contributed by atoms with Crippen LogP contribution in [-0.4, -0.2) is 54.2 Å². The molecular weight excluding hydrogens is 668 g/mol. The van der Waals surface area contributed by atoms with Gasteiger partial charge in [0.2, 0.25) is 17.6 Å². The van der Waals surface area contributed by atoms with Crippen molar-refractivity contribution in [2.75, 3.05) is 6.54 Å². The van der Waals surface area contributed by atoms with Crippen molar-refractivity contribution in [1.82, 2.24) is 16.0 Å². The first-order valence-corrected chi connectivity index (χ1v) is 15.2. The molecule has 0 aliphatic heterocycles. The van der Waals surface area contributed by atoms with Crippen LogP contribution < -0.4 is 16.0 Å². The van der Waals surface area contributed by atoms with Crippen LogP contribution in [0, 0.1) is 5.92 Å². The van der Waals surface area contributed by atoms with Gasteiger partial charge in [0.05, 0.1) is 16.1 Å². The molecule has 3 rings (SSSR count). The van der Waals surface area contributed by atoms with Crippen LogP contribution in [-0.2, 0) is 25.6 Å². The molecule has 0 bridgehead atoms. The number of amides is 3. The largest absolute Gasteiger partial charge is 0.405 e. The van der Waals surface area contributed by atoms with Gasteiger partial charge in [0.15, 0.2) is 0 Å². The summed E-state index contributed by atoms with van der Waals surface area (Å²) in [5.74, 6) is -12.6. The van der Waals surface area contributed by atoms with Gasteiger partial charge in [-0.1, -0.05) is 104 Å². The number of alkyl halides is 5. The highest BCUT2D eigenvalue weighted by Gasteiger charge is 2.52. The average Bonchev–Trinajstić information content (AvgIpc) is 3.02. The molecule has 0 radical (unpaired) electrons. The number of hydrogen-bond donors (Lipinski definition) is 3. The smallest absolute Gasteiger partial charge is 0.344 e. The van der Waals surface area contributed by atoms with E-state index in [1.165, 1.54) is 13.8 Å². The van der Waals surface area contributed by atoms with Crippen molar-refractivity contribution < 1.29 is 41.1 Å².